The molecule has 142 valence electrons. The first-order valence-electron chi connectivity index (χ1n) is 8.59. The number of amides is 1. The molecular formula is C20H18N4O3S. The van der Waals surface area contributed by atoms with Crippen LogP contribution in [-0.4, -0.2) is 33.4 Å². The summed E-state index contributed by atoms with van der Waals surface area (Å²) in [5.74, 6) is -0.777. The molecule has 28 heavy (non-hydrogen) atoms. The Labute approximate surface area is 165 Å². The number of ether oxygens (including phenoxy) is 1. The van der Waals surface area contributed by atoms with Crippen LogP contribution in [0.25, 0.3) is 16.2 Å². The molecule has 0 radical (unpaired) electrons. The molecule has 0 unspecified atom stereocenters. The van der Waals surface area contributed by atoms with Crippen molar-refractivity contribution in [2.45, 2.75) is 13.8 Å². The zero-order chi connectivity index (χ0) is 19.8. The van der Waals surface area contributed by atoms with Gasteiger partial charge >= 0.3 is 5.97 Å². The Morgan fingerprint density at radius 2 is 1.96 bits per heavy atom. The van der Waals surface area contributed by atoms with Gasteiger partial charge in [0.15, 0.2) is 4.96 Å². The number of thiazole rings is 1. The van der Waals surface area contributed by atoms with Gasteiger partial charge in [-0.05, 0) is 31.5 Å². The molecule has 1 aromatic carbocycles. The van der Waals surface area contributed by atoms with Gasteiger partial charge in [-0.1, -0.05) is 12.1 Å². The number of hydrogen-bond donors (Lipinski definition) is 2. The summed E-state index contributed by atoms with van der Waals surface area (Å²) < 4.78 is 6.76. The molecule has 0 spiro atoms. The number of fused-ring (bicyclic) bond motifs is 1. The van der Waals surface area contributed by atoms with Crippen LogP contribution in [0.2, 0.25) is 0 Å². The Morgan fingerprint density at radius 3 is 2.64 bits per heavy atom. The van der Waals surface area contributed by atoms with E-state index in [1.807, 2.05) is 46.4 Å². The number of aromatic nitrogens is 3. The Kier molecular flexibility index (Phi) is 4.48. The quantitative estimate of drug-likeness (QED) is 0.511. The van der Waals surface area contributed by atoms with Crippen LogP contribution < -0.4 is 5.32 Å². The van der Waals surface area contributed by atoms with Crippen molar-refractivity contribution in [3.8, 4) is 11.3 Å². The van der Waals surface area contributed by atoms with E-state index < -0.39 is 5.97 Å². The van der Waals surface area contributed by atoms with E-state index >= 15 is 0 Å². The highest BCUT2D eigenvalue weighted by Crippen LogP contribution is 2.24. The fourth-order valence-electron chi connectivity index (χ4n) is 3.17. The summed E-state index contributed by atoms with van der Waals surface area (Å²) in [6.07, 6.45) is 3.94. The standard InChI is InChI=1S/C20H18N4O3S/c1-11-16(19(26)27-3)12(2)21-17(11)18(25)22-14-6-4-13(5-7-14)15-10-24-8-9-28-20(24)23-15/h4-10,21H,1-3H3,(H,22,25). The van der Waals surface area contributed by atoms with Gasteiger partial charge in [0, 0.05) is 34.7 Å². The summed E-state index contributed by atoms with van der Waals surface area (Å²) in [7, 11) is 1.32. The zero-order valence-corrected chi connectivity index (χ0v) is 16.4. The third kappa shape index (κ3) is 3.07. The Balaban J connectivity index is 1.54. The molecule has 7 nitrogen and oxygen atoms in total. The van der Waals surface area contributed by atoms with Gasteiger partial charge in [0.2, 0.25) is 0 Å². The minimum absolute atomic E-state index is 0.314. The molecule has 0 saturated heterocycles. The molecule has 3 heterocycles. The molecule has 0 aliphatic heterocycles. The summed E-state index contributed by atoms with van der Waals surface area (Å²) in [5, 5.41) is 4.84. The molecule has 0 saturated carbocycles. The summed E-state index contributed by atoms with van der Waals surface area (Å²) >= 11 is 1.58. The monoisotopic (exact) mass is 394 g/mol. The van der Waals surface area contributed by atoms with Crippen molar-refractivity contribution in [3.05, 3.63) is 64.6 Å². The lowest BCUT2D eigenvalue weighted by atomic mass is 10.1. The molecule has 0 bridgehead atoms. The summed E-state index contributed by atoms with van der Waals surface area (Å²) in [6, 6.07) is 7.48. The van der Waals surface area contributed by atoms with E-state index in [1.165, 1.54) is 7.11 Å². The number of benzene rings is 1. The van der Waals surface area contributed by atoms with Gasteiger partial charge in [0.25, 0.3) is 5.91 Å². The van der Waals surface area contributed by atoms with E-state index in [4.69, 9.17) is 4.74 Å². The number of methoxy groups -OCH3 is 1. The van der Waals surface area contributed by atoms with Gasteiger partial charge in [0.1, 0.15) is 5.69 Å². The lowest BCUT2D eigenvalue weighted by molar-refractivity contribution is 0.0599. The van der Waals surface area contributed by atoms with Gasteiger partial charge in [0.05, 0.1) is 18.4 Å². The predicted octanol–water partition coefficient (Wildman–Crippen LogP) is 4.05. The second-order valence-corrected chi connectivity index (χ2v) is 7.24. The van der Waals surface area contributed by atoms with Crippen molar-refractivity contribution >= 4 is 33.9 Å². The second-order valence-electron chi connectivity index (χ2n) is 6.37. The molecule has 0 atom stereocenters. The number of esters is 1. The zero-order valence-electron chi connectivity index (χ0n) is 15.6. The molecule has 0 fully saturated rings. The minimum atomic E-state index is -0.463. The second kappa shape index (κ2) is 6.97. The average molecular weight is 394 g/mol. The fourth-order valence-corrected chi connectivity index (χ4v) is 3.87. The highest BCUT2D eigenvalue weighted by atomic mass is 32.1. The van der Waals surface area contributed by atoms with E-state index in [-0.39, 0.29) is 5.91 Å². The van der Waals surface area contributed by atoms with Crippen molar-refractivity contribution in [2.75, 3.05) is 12.4 Å². The highest BCUT2D eigenvalue weighted by molar-refractivity contribution is 7.15. The number of aryl methyl sites for hydroxylation is 1. The molecule has 4 aromatic rings. The number of imidazole rings is 1. The number of H-pyrrole nitrogens is 1. The number of hydrogen-bond acceptors (Lipinski definition) is 5. The third-order valence-corrected chi connectivity index (χ3v) is 5.36. The van der Waals surface area contributed by atoms with Gasteiger partial charge in [-0.3, -0.25) is 9.20 Å². The van der Waals surface area contributed by atoms with Gasteiger partial charge in [-0.15, -0.1) is 11.3 Å². The maximum Gasteiger partial charge on any atom is 0.339 e. The van der Waals surface area contributed by atoms with E-state index in [1.54, 1.807) is 25.2 Å². The number of nitrogens with one attached hydrogen (secondary N) is 2. The topological polar surface area (TPSA) is 88.5 Å². The van der Waals surface area contributed by atoms with Crippen molar-refractivity contribution in [1.82, 2.24) is 14.4 Å². The maximum atomic E-state index is 12.6. The number of carbonyl (C=O) groups excluding carboxylic acids is 2. The van der Waals surface area contributed by atoms with E-state index in [2.05, 4.69) is 15.3 Å². The van der Waals surface area contributed by atoms with Gasteiger partial charge in [-0.25, -0.2) is 9.78 Å². The van der Waals surface area contributed by atoms with Gasteiger partial charge in [-0.2, -0.15) is 0 Å². The maximum absolute atomic E-state index is 12.6. The molecule has 8 heteroatoms. The third-order valence-electron chi connectivity index (χ3n) is 4.59. The minimum Gasteiger partial charge on any atom is -0.465 e. The molecule has 0 aliphatic carbocycles. The largest absolute Gasteiger partial charge is 0.465 e. The van der Waals surface area contributed by atoms with Crippen molar-refractivity contribution in [2.24, 2.45) is 0 Å². The number of rotatable bonds is 4. The van der Waals surface area contributed by atoms with Crippen molar-refractivity contribution in [1.29, 1.82) is 0 Å². The summed E-state index contributed by atoms with van der Waals surface area (Å²) in [5.41, 5.74) is 4.40. The van der Waals surface area contributed by atoms with E-state index in [0.29, 0.717) is 28.2 Å². The highest BCUT2D eigenvalue weighted by Gasteiger charge is 2.22. The number of carbonyl (C=O) groups is 2. The molecule has 4 rings (SSSR count). The van der Waals surface area contributed by atoms with E-state index in [9.17, 15) is 9.59 Å². The van der Waals surface area contributed by atoms with Crippen LogP contribution in [0.1, 0.15) is 32.1 Å². The Morgan fingerprint density at radius 1 is 1.21 bits per heavy atom. The predicted molar refractivity (Wildman–Crippen MR) is 108 cm³/mol. The average Bonchev–Trinajstić information content (AvgIpc) is 3.35. The Bertz CT molecular complexity index is 1160. The number of aromatic amines is 1. The van der Waals surface area contributed by atoms with Crippen LogP contribution in [-0.2, 0) is 4.74 Å². The van der Waals surface area contributed by atoms with Crippen LogP contribution in [0.5, 0.6) is 0 Å². The van der Waals surface area contributed by atoms with Crippen LogP contribution in [0.4, 0.5) is 5.69 Å². The first kappa shape index (κ1) is 18.0. The molecular weight excluding hydrogens is 376 g/mol. The molecule has 0 aliphatic rings. The van der Waals surface area contributed by atoms with Crippen LogP contribution >= 0.6 is 11.3 Å². The molecule has 1 amide bonds. The van der Waals surface area contributed by atoms with Crippen LogP contribution in [0.3, 0.4) is 0 Å². The van der Waals surface area contributed by atoms with Gasteiger partial charge < -0.3 is 15.0 Å². The smallest absolute Gasteiger partial charge is 0.339 e. The van der Waals surface area contributed by atoms with Crippen LogP contribution in [0.15, 0.2) is 42.0 Å². The van der Waals surface area contributed by atoms with Crippen molar-refractivity contribution in [3.63, 3.8) is 0 Å². The lowest BCUT2D eigenvalue weighted by Gasteiger charge is -2.06. The van der Waals surface area contributed by atoms with E-state index in [0.717, 1.165) is 16.2 Å². The Hall–Kier alpha value is -3.39. The molecule has 3 aromatic heterocycles. The number of anilines is 1. The SMILES string of the molecule is COC(=O)c1c(C)[nH]c(C(=O)Nc2ccc(-c3cn4ccsc4n3)cc2)c1C. The van der Waals surface area contributed by atoms with Crippen LogP contribution in [0, 0.1) is 13.8 Å². The lowest BCUT2D eigenvalue weighted by Crippen LogP contribution is -2.14. The number of nitrogens with zero attached hydrogens (tertiary/aromatic N) is 2. The first-order chi connectivity index (χ1) is 13.5. The van der Waals surface area contributed by atoms with Crippen molar-refractivity contribution < 1.29 is 14.3 Å². The first-order valence-corrected chi connectivity index (χ1v) is 9.47. The fraction of sp³-hybridized carbons (Fsp3) is 0.150. The molecule has 2 N–H and O–H groups in total. The summed E-state index contributed by atoms with van der Waals surface area (Å²) in [6.45, 7) is 3.46. The summed E-state index contributed by atoms with van der Waals surface area (Å²) in [4.78, 5) is 33.0. The normalized spacial score (nSPS) is 11.0.